The molecule has 0 aliphatic carbocycles. The molecule has 0 aromatic rings. The van der Waals surface area contributed by atoms with E-state index < -0.39 is 31.1 Å². The van der Waals surface area contributed by atoms with Gasteiger partial charge in [-0.05, 0) is 151 Å². The van der Waals surface area contributed by atoms with E-state index in [0.29, 0.717) is 31.3 Å². The van der Waals surface area contributed by atoms with Crippen LogP contribution in [0, 0.1) is 11.1 Å². The summed E-state index contributed by atoms with van der Waals surface area (Å²) in [5, 5.41) is 24.3. The highest BCUT2D eigenvalue weighted by atomic mass is 35.7. The molecule has 0 amide bonds. The van der Waals surface area contributed by atoms with Gasteiger partial charge in [-0.3, -0.25) is 20.2 Å². The molecule has 550 valence electrons. The number of carbonyl (C=O) groups excluding carboxylic acids is 4. The molecular formula is C58H131Cl2N13O16S2. The van der Waals surface area contributed by atoms with Crippen molar-refractivity contribution in [3.63, 3.8) is 0 Å². The third-order valence-electron chi connectivity index (χ3n) is 13.4. The zero-order chi connectivity index (χ0) is 66.9. The molecule has 0 aromatic heterocycles. The maximum atomic E-state index is 11.2. The second-order valence-corrected chi connectivity index (χ2v) is 25.0. The molecule has 6 saturated heterocycles. The number of hydrogen-bond donors (Lipinski definition) is 8. The average molecular weight is 1400 g/mol. The number of nitrogens with two attached hydrogens (primary N) is 1. The molecule has 91 heavy (non-hydrogen) atoms. The molecule has 0 radical (unpaired) electrons. The predicted molar refractivity (Wildman–Crippen MR) is 370 cm³/mol. The number of esters is 3. The van der Waals surface area contributed by atoms with Crippen LogP contribution in [0.3, 0.4) is 0 Å². The predicted octanol–water partition coefficient (Wildman–Crippen LogP) is 5.28. The Morgan fingerprint density at radius 3 is 1.22 bits per heavy atom. The summed E-state index contributed by atoms with van der Waals surface area (Å²) in [6, 6.07) is 1.23. The Morgan fingerprint density at radius 1 is 0.615 bits per heavy atom. The van der Waals surface area contributed by atoms with Crippen LogP contribution in [0.1, 0.15) is 163 Å². The maximum Gasteiger partial charge on any atom is 0.371 e. The molecule has 6 heterocycles. The van der Waals surface area contributed by atoms with Crippen molar-refractivity contribution in [2.45, 2.75) is 192 Å². The zero-order valence-corrected chi connectivity index (χ0v) is 58.0. The minimum atomic E-state index is -3.27. The van der Waals surface area contributed by atoms with Gasteiger partial charge in [0.25, 0.3) is 10.1 Å². The quantitative estimate of drug-likeness (QED) is 0.00826. The van der Waals surface area contributed by atoms with Gasteiger partial charge in [-0.2, -0.15) is 18.6 Å². The number of nitrogens with zero attached hydrogens (tertiary/aromatic N) is 7. The molecule has 29 nitrogen and oxygen atoms in total. The Hall–Kier alpha value is -3.38. The highest BCUT2D eigenvalue weighted by molar-refractivity contribution is 8.13. The number of aldehydes is 1. The van der Waals surface area contributed by atoms with E-state index in [-0.39, 0.29) is 72.0 Å². The van der Waals surface area contributed by atoms with E-state index >= 15 is 0 Å². The first-order valence-electron chi connectivity index (χ1n) is 30.6. The molecule has 0 bridgehead atoms. The average Bonchev–Trinajstić information content (AvgIpc) is 3.06. The summed E-state index contributed by atoms with van der Waals surface area (Å²) in [7, 11) is -1.96. The van der Waals surface area contributed by atoms with Gasteiger partial charge < -0.3 is 70.0 Å². The standard InChI is InChI=1S/C11H20ClN3O2.C11H21N3O2.C8H17NO3S.C7H17N3.C7H15NO.C4H6O3.C4H8O.C2H6O.CH3ClO2S.3CH4.H2N2.H2O.H2/c1-3-15-7-5-9(6-8-15)13-14-10(12)11(16)17-4-2;1-3-14-7-5-10(6-8-14)13-12-9-11(15)16-4-2;1-3-9-6-4-8(5-7-9)12-13(2,10)11;1-2-10-5-3-7(9-8)4-6-10;1-2-8-5-3-7(9)4-6-8;1-2-7-4(6)3-5;1-2-4-5-3-1;1-2-3;1-5(2,3)4;;;;1-2;;/h9,13H,3-8H2,1-2H3;9-10,13H,3-8H2,1-2H3;8H,3-7H2,1-2H3;7,9H,2-6,8H2,1H3;7,9H,2-6H2,1H3;3H,2H2,1H3;1-4H2;3H,2H2,1H3;1H3;3*1H4;1-2H;1H2;1H/b14-10-;12-9+;;;;;;;;;;;;;. The van der Waals surface area contributed by atoms with Crippen LogP contribution >= 0.6 is 22.3 Å². The van der Waals surface area contributed by atoms with Gasteiger partial charge in [-0.25, -0.2) is 33.9 Å². The summed E-state index contributed by atoms with van der Waals surface area (Å²) < 4.78 is 63.9. The van der Waals surface area contributed by atoms with Crippen LogP contribution < -0.4 is 22.1 Å². The van der Waals surface area contributed by atoms with Crippen LogP contribution in [0.25, 0.3) is 0 Å². The van der Waals surface area contributed by atoms with Gasteiger partial charge in [0.2, 0.25) is 20.5 Å². The van der Waals surface area contributed by atoms with Crippen molar-refractivity contribution in [3.05, 3.63) is 0 Å². The number of hydrazone groups is 2. The molecule has 6 fully saturated rings. The summed E-state index contributed by atoms with van der Waals surface area (Å²) in [6.45, 7) is 37.1. The number of hydrazine groups is 1. The second kappa shape index (κ2) is 69.4. The number of carbonyl (C=O) groups is 4. The van der Waals surface area contributed by atoms with Crippen LogP contribution in [-0.4, -0.2) is 273 Å². The number of aliphatic hydroxyl groups is 2. The smallest absolute Gasteiger partial charge is 0.371 e. The summed E-state index contributed by atoms with van der Waals surface area (Å²) in [6.07, 6.45) is 16.0. The number of halogens is 2. The third-order valence-corrected chi connectivity index (χ3v) is 14.2. The Bertz CT molecular complexity index is 1920. The molecule has 33 heteroatoms. The van der Waals surface area contributed by atoms with E-state index in [1.807, 2.05) is 0 Å². The van der Waals surface area contributed by atoms with E-state index in [9.17, 15) is 36.0 Å². The lowest BCUT2D eigenvalue weighted by molar-refractivity contribution is -0.148. The van der Waals surface area contributed by atoms with Gasteiger partial charge in [-0.1, -0.05) is 68.5 Å². The number of piperidine rings is 5. The van der Waals surface area contributed by atoms with Crippen molar-refractivity contribution in [1.82, 2.24) is 40.8 Å². The molecule has 6 aliphatic heterocycles. The van der Waals surface area contributed by atoms with Gasteiger partial charge in [0.05, 0.1) is 44.5 Å². The summed E-state index contributed by atoms with van der Waals surface area (Å²) in [5.41, 5.74) is 18.8. The van der Waals surface area contributed by atoms with Crippen LogP contribution in [0.2, 0.25) is 0 Å². The highest BCUT2D eigenvalue weighted by Crippen LogP contribution is 2.15. The molecule has 6 aliphatic rings. The Labute approximate surface area is 560 Å². The van der Waals surface area contributed by atoms with Crippen LogP contribution in [0.4, 0.5) is 0 Å². The van der Waals surface area contributed by atoms with Crippen molar-refractivity contribution in [2.24, 2.45) is 16.0 Å². The molecule has 0 unspecified atom stereocenters. The topological polar surface area (TPSA) is 405 Å². The molecule has 0 atom stereocenters. The summed E-state index contributed by atoms with van der Waals surface area (Å²) in [5.74, 6) is 3.55. The largest absolute Gasteiger partial charge is 0.462 e. The Kier molecular flexibility index (Phi) is 79.1. The van der Waals surface area contributed by atoms with E-state index in [1.54, 1.807) is 27.7 Å². The second-order valence-electron chi connectivity index (χ2n) is 20.0. The maximum absolute atomic E-state index is 11.2. The van der Waals surface area contributed by atoms with Crippen molar-refractivity contribution in [3.8, 4) is 0 Å². The lowest BCUT2D eigenvalue weighted by Gasteiger charge is -2.30. The molecule has 0 saturated carbocycles. The number of likely N-dealkylation sites (tertiary alicyclic amines) is 5. The van der Waals surface area contributed by atoms with Gasteiger partial charge in [0.1, 0.15) is 6.21 Å². The van der Waals surface area contributed by atoms with E-state index in [1.165, 1.54) is 51.5 Å². The fourth-order valence-corrected chi connectivity index (χ4v) is 9.21. The van der Waals surface area contributed by atoms with Crippen LogP contribution in [0.15, 0.2) is 10.2 Å². The van der Waals surface area contributed by atoms with Crippen molar-refractivity contribution < 1.29 is 76.3 Å². The first-order valence-corrected chi connectivity index (χ1v) is 35.5. The van der Waals surface area contributed by atoms with Crippen LogP contribution in [0.5, 0.6) is 0 Å². The summed E-state index contributed by atoms with van der Waals surface area (Å²) >= 11 is 5.69. The third kappa shape index (κ3) is 69.3. The molecule has 0 aromatic carbocycles. The van der Waals surface area contributed by atoms with E-state index in [4.69, 9.17) is 57.1 Å². The summed E-state index contributed by atoms with van der Waals surface area (Å²) in [4.78, 5) is 53.3. The fourth-order valence-electron chi connectivity index (χ4n) is 8.42. The Balaban J connectivity index is -0.000000123. The zero-order valence-electron chi connectivity index (χ0n) is 54.9. The highest BCUT2D eigenvalue weighted by Gasteiger charge is 2.23. The van der Waals surface area contributed by atoms with E-state index in [2.05, 4.69) is 101 Å². The van der Waals surface area contributed by atoms with Gasteiger partial charge in [0.15, 0.2) is 0 Å². The molecular weight excluding hydrogens is 1270 g/mol. The number of rotatable bonds is 18. The molecule has 6 rings (SSSR count). The first-order chi connectivity index (χ1) is 41.3. The van der Waals surface area contributed by atoms with Gasteiger partial charge in [0, 0.05) is 102 Å². The van der Waals surface area contributed by atoms with E-state index in [0.717, 1.165) is 156 Å². The lowest BCUT2D eigenvalue weighted by Crippen LogP contribution is -2.44. The monoisotopic (exact) mass is 1400 g/mol. The molecule has 11 N–H and O–H groups in total. The Morgan fingerprint density at radius 2 is 0.934 bits per heavy atom. The molecule has 0 spiro atoms. The van der Waals surface area contributed by atoms with Crippen molar-refractivity contribution in [1.29, 1.82) is 11.1 Å². The normalized spacial score (nSPS) is 17.8. The fraction of sp³-hybridized carbons (Fsp3) is 0.897. The lowest BCUT2D eigenvalue weighted by atomic mass is 10.1. The van der Waals surface area contributed by atoms with Gasteiger partial charge in [-0.15, -0.1) is 0 Å². The van der Waals surface area contributed by atoms with Crippen LogP contribution in [-0.2, 0) is 61.5 Å². The number of ether oxygens (including phenoxy) is 4. The SMILES string of the molecule is C.C.C.C1CCOC1.CCN1CCC(NN)CC1.CCN1CCC(O)CC1.CCN1CCC(OS(C)(=O)=O)CC1.CCO.CCOC(=O)/C(Cl)=N/NC1CCN(CC)CC1.CCOC(=O)/C=N/NC1CCN(CC)CC1.CCOC(=O)C=O.CS(=O)(=O)Cl.N=N.O.[HH]. The van der Waals surface area contributed by atoms with Crippen molar-refractivity contribution in [2.75, 3.05) is 150 Å². The number of nitrogens with one attached hydrogen (secondary N) is 5. The number of hydrogen-bond acceptors (Lipinski definition) is 28. The van der Waals surface area contributed by atoms with Crippen molar-refractivity contribution >= 4 is 77.0 Å². The first kappa shape index (κ1) is 104. The van der Waals surface area contributed by atoms with Gasteiger partial charge >= 0.3 is 17.9 Å². The minimum Gasteiger partial charge on any atom is -0.462 e. The number of aliphatic hydroxyl groups excluding tert-OH is 2. The minimum absolute atomic E-state index is 0.